The first kappa shape index (κ1) is 27.4. The second kappa shape index (κ2) is 10.3. The average molecular weight is 507 g/mol. The standard InChI is InChI=1S/C29H46O7/c1-16(2)27(33)35-19-11-12-28(4)18(13-19)14-23(30)26-21-9-8-20(17(3)7-10-24(31)34-6)29(21,5)36-25(32)15-22(26)28/h16-23,26,30H,7-15H2,1-6H3. The lowest BCUT2D eigenvalue weighted by Gasteiger charge is -2.57. The quantitative estimate of drug-likeness (QED) is 0.412. The second-order valence-electron chi connectivity index (χ2n) is 12.9. The normalized spacial score (nSPS) is 42.9. The number of carbonyl (C=O) groups excluding carboxylic acids is 3. The van der Waals surface area contributed by atoms with E-state index in [0.717, 1.165) is 32.1 Å². The molecule has 0 amide bonds. The molecule has 0 spiro atoms. The van der Waals surface area contributed by atoms with Crippen molar-refractivity contribution in [1.29, 1.82) is 0 Å². The molecule has 4 rings (SSSR count). The molecule has 7 heteroatoms. The monoisotopic (exact) mass is 506 g/mol. The van der Waals surface area contributed by atoms with E-state index in [9.17, 15) is 19.5 Å². The van der Waals surface area contributed by atoms with Crippen LogP contribution in [0.25, 0.3) is 0 Å². The number of aliphatic hydroxyl groups excluding tert-OH is 1. The summed E-state index contributed by atoms with van der Waals surface area (Å²) in [5, 5.41) is 11.6. The van der Waals surface area contributed by atoms with E-state index in [1.54, 1.807) is 0 Å². The SMILES string of the molecule is COC(=O)CCC(C)C1CCC2C3C(O)CC4CC(OC(=O)C(C)C)CCC4(C)C3CC(=O)OC12C. The largest absolute Gasteiger partial charge is 0.469 e. The van der Waals surface area contributed by atoms with Gasteiger partial charge in [0.05, 0.1) is 19.1 Å². The van der Waals surface area contributed by atoms with Gasteiger partial charge in [0.1, 0.15) is 11.7 Å². The first-order valence-corrected chi connectivity index (χ1v) is 14.1. The highest BCUT2D eigenvalue weighted by molar-refractivity contribution is 5.72. The van der Waals surface area contributed by atoms with Gasteiger partial charge in [0.15, 0.2) is 0 Å². The van der Waals surface area contributed by atoms with E-state index in [4.69, 9.17) is 14.2 Å². The molecule has 4 fully saturated rings. The maximum absolute atomic E-state index is 13.3. The molecule has 4 aliphatic rings. The summed E-state index contributed by atoms with van der Waals surface area (Å²) in [4.78, 5) is 37.3. The zero-order valence-corrected chi connectivity index (χ0v) is 23.0. The molecule has 1 heterocycles. The second-order valence-corrected chi connectivity index (χ2v) is 12.9. The van der Waals surface area contributed by atoms with Gasteiger partial charge in [0.25, 0.3) is 0 Å². The molecule has 36 heavy (non-hydrogen) atoms. The number of rotatable bonds is 6. The summed E-state index contributed by atoms with van der Waals surface area (Å²) in [5.41, 5.74) is -0.732. The minimum atomic E-state index is -0.639. The van der Waals surface area contributed by atoms with E-state index in [0.29, 0.717) is 25.7 Å². The van der Waals surface area contributed by atoms with Crippen LogP contribution in [0.3, 0.4) is 0 Å². The zero-order chi connectivity index (χ0) is 26.4. The van der Waals surface area contributed by atoms with Gasteiger partial charge in [-0.25, -0.2) is 0 Å². The summed E-state index contributed by atoms with van der Waals surface area (Å²) in [6, 6.07) is 0. The fourth-order valence-electron chi connectivity index (χ4n) is 8.61. The lowest BCUT2D eigenvalue weighted by Crippen LogP contribution is -2.56. The van der Waals surface area contributed by atoms with Crippen LogP contribution in [-0.4, -0.2) is 47.9 Å². The van der Waals surface area contributed by atoms with Crippen LogP contribution in [0.5, 0.6) is 0 Å². The molecule has 0 bridgehead atoms. The number of ether oxygens (including phenoxy) is 3. The maximum atomic E-state index is 13.3. The minimum Gasteiger partial charge on any atom is -0.469 e. The Balaban J connectivity index is 1.55. The summed E-state index contributed by atoms with van der Waals surface area (Å²) in [7, 11) is 1.41. The van der Waals surface area contributed by atoms with Gasteiger partial charge in [-0.3, -0.25) is 14.4 Å². The molecule has 7 nitrogen and oxygen atoms in total. The molecule has 10 unspecified atom stereocenters. The molecule has 1 saturated heterocycles. The molecular formula is C29H46O7. The number of esters is 3. The van der Waals surface area contributed by atoms with Crippen molar-refractivity contribution in [2.75, 3.05) is 7.11 Å². The van der Waals surface area contributed by atoms with Gasteiger partial charge in [0, 0.05) is 24.7 Å². The molecule has 204 valence electrons. The number of fused-ring (bicyclic) bond motifs is 5. The molecular weight excluding hydrogens is 460 g/mol. The van der Waals surface area contributed by atoms with Gasteiger partial charge in [-0.1, -0.05) is 27.7 Å². The van der Waals surface area contributed by atoms with Crippen molar-refractivity contribution in [3.8, 4) is 0 Å². The molecule has 0 radical (unpaired) electrons. The van der Waals surface area contributed by atoms with Gasteiger partial charge < -0.3 is 19.3 Å². The van der Waals surface area contributed by atoms with Crippen LogP contribution in [-0.2, 0) is 28.6 Å². The number of hydrogen-bond acceptors (Lipinski definition) is 7. The van der Waals surface area contributed by atoms with Crippen molar-refractivity contribution in [3.63, 3.8) is 0 Å². The number of hydrogen-bond donors (Lipinski definition) is 1. The van der Waals surface area contributed by atoms with E-state index in [1.807, 2.05) is 13.8 Å². The van der Waals surface area contributed by atoms with E-state index in [-0.39, 0.29) is 70.9 Å². The van der Waals surface area contributed by atoms with Crippen LogP contribution < -0.4 is 0 Å². The van der Waals surface area contributed by atoms with Crippen LogP contribution in [0.1, 0.15) is 92.4 Å². The first-order valence-electron chi connectivity index (χ1n) is 14.1. The third-order valence-corrected chi connectivity index (χ3v) is 10.7. The molecule has 3 saturated carbocycles. The molecule has 1 aliphatic heterocycles. The zero-order valence-electron chi connectivity index (χ0n) is 23.0. The van der Waals surface area contributed by atoms with E-state index < -0.39 is 11.7 Å². The van der Waals surface area contributed by atoms with Crippen molar-refractivity contribution < 1.29 is 33.7 Å². The maximum Gasteiger partial charge on any atom is 0.308 e. The van der Waals surface area contributed by atoms with Crippen LogP contribution in [0, 0.1) is 46.8 Å². The van der Waals surface area contributed by atoms with Crippen molar-refractivity contribution in [2.24, 2.45) is 46.8 Å². The first-order chi connectivity index (χ1) is 16.9. The third kappa shape index (κ3) is 4.81. The van der Waals surface area contributed by atoms with Gasteiger partial charge >= 0.3 is 17.9 Å². The number of carbonyl (C=O) groups is 3. The Bertz CT molecular complexity index is 855. The molecule has 10 atom stereocenters. The molecule has 1 N–H and O–H groups in total. The summed E-state index contributed by atoms with van der Waals surface area (Å²) >= 11 is 0. The van der Waals surface area contributed by atoms with E-state index in [2.05, 4.69) is 20.8 Å². The topological polar surface area (TPSA) is 99.1 Å². The highest BCUT2D eigenvalue weighted by Gasteiger charge is 2.64. The highest BCUT2D eigenvalue weighted by atomic mass is 16.6. The molecule has 3 aliphatic carbocycles. The van der Waals surface area contributed by atoms with Crippen molar-refractivity contribution in [2.45, 2.75) is 110 Å². The Morgan fingerprint density at radius 2 is 1.83 bits per heavy atom. The minimum absolute atomic E-state index is 0.00951. The molecule has 0 aromatic rings. The highest BCUT2D eigenvalue weighted by Crippen LogP contribution is 2.64. The van der Waals surface area contributed by atoms with Gasteiger partial charge in [0.2, 0.25) is 0 Å². The molecule has 0 aromatic heterocycles. The third-order valence-electron chi connectivity index (χ3n) is 10.7. The van der Waals surface area contributed by atoms with Crippen LogP contribution >= 0.6 is 0 Å². The predicted molar refractivity (Wildman–Crippen MR) is 134 cm³/mol. The Morgan fingerprint density at radius 1 is 1.11 bits per heavy atom. The fraction of sp³-hybridized carbons (Fsp3) is 0.897. The number of methoxy groups -OCH3 is 1. The summed E-state index contributed by atoms with van der Waals surface area (Å²) in [6.07, 6.45) is 5.74. The van der Waals surface area contributed by atoms with E-state index in [1.165, 1.54) is 7.11 Å². The lowest BCUT2D eigenvalue weighted by atomic mass is 9.48. The van der Waals surface area contributed by atoms with Crippen molar-refractivity contribution in [3.05, 3.63) is 0 Å². The van der Waals surface area contributed by atoms with Gasteiger partial charge in [-0.2, -0.15) is 0 Å². The Hall–Kier alpha value is -1.63. The summed E-state index contributed by atoms with van der Waals surface area (Å²) in [5.74, 6) is 0.0400. The lowest BCUT2D eigenvalue weighted by molar-refractivity contribution is -0.173. The van der Waals surface area contributed by atoms with Crippen LogP contribution in [0.4, 0.5) is 0 Å². The Morgan fingerprint density at radius 3 is 2.50 bits per heavy atom. The molecule has 0 aromatic carbocycles. The summed E-state index contributed by atoms with van der Waals surface area (Å²) in [6.45, 7) is 10.2. The van der Waals surface area contributed by atoms with Crippen LogP contribution in [0.15, 0.2) is 0 Å². The van der Waals surface area contributed by atoms with Crippen molar-refractivity contribution >= 4 is 17.9 Å². The van der Waals surface area contributed by atoms with E-state index >= 15 is 0 Å². The smallest absolute Gasteiger partial charge is 0.308 e. The number of aliphatic hydroxyl groups is 1. The predicted octanol–water partition coefficient (Wildman–Crippen LogP) is 4.68. The Kier molecular flexibility index (Phi) is 7.81. The fourth-order valence-corrected chi connectivity index (χ4v) is 8.61. The average Bonchev–Trinajstić information content (AvgIpc) is 3.08. The van der Waals surface area contributed by atoms with Crippen LogP contribution in [0.2, 0.25) is 0 Å². The summed E-state index contributed by atoms with van der Waals surface area (Å²) < 4.78 is 16.9. The van der Waals surface area contributed by atoms with Gasteiger partial charge in [-0.05, 0) is 81.0 Å². The van der Waals surface area contributed by atoms with Crippen molar-refractivity contribution in [1.82, 2.24) is 0 Å². The Labute approximate surface area is 216 Å². The van der Waals surface area contributed by atoms with Gasteiger partial charge in [-0.15, -0.1) is 0 Å².